The maximum Gasteiger partial charge on any atom is 0.248 e. The molecule has 2 aromatic rings. The van der Waals surface area contributed by atoms with Gasteiger partial charge in [0.25, 0.3) is 0 Å². The van der Waals surface area contributed by atoms with Gasteiger partial charge >= 0.3 is 0 Å². The van der Waals surface area contributed by atoms with E-state index in [1.165, 1.54) is 0 Å². The van der Waals surface area contributed by atoms with E-state index in [1.807, 2.05) is 13.1 Å². The third-order valence-corrected chi connectivity index (χ3v) is 2.84. The monoisotopic (exact) mass is 328 g/mol. The van der Waals surface area contributed by atoms with Crippen molar-refractivity contribution < 1.29 is 9.26 Å². The van der Waals surface area contributed by atoms with Crippen molar-refractivity contribution in [3.63, 3.8) is 0 Å². The molecule has 0 fully saturated rings. The number of nitrogens with zero attached hydrogens (tertiary/aromatic N) is 4. The predicted molar refractivity (Wildman–Crippen MR) is 72.5 cm³/mol. The summed E-state index contributed by atoms with van der Waals surface area (Å²) < 4.78 is 13.5. The largest absolute Gasteiger partial charge is 0.370 e. The highest BCUT2D eigenvalue weighted by Gasteiger charge is 2.15. The zero-order valence-corrected chi connectivity index (χ0v) is 12.8. The number of hydrogen-bond donors (Lipinski definition) is 0. The van der Waals surface area contributed by atoms with E-state index in [-0.39, 0.29) is 6.10 Å². The number of hydrogen-bond acceptors (Lipinski definition) is 5. The number of ether oxygens (including phenoxy) is 1. The molecule has 7 heteroatoms. The summed E-state index contributed by atoms with van der Waals surface area (Å²) in [6.45, 7) is 7.25. The molecule has 1 atom stereocenters. The summed E-state index contributed by atoms with van der Waals surface area (Å²) in [6.07, 6.45) is 3.40. The summed E-state index contributed by atoms with van der Waals surface area (Å²) in [4.78, 5) is 4.31. The van der Waals surface area contributed by atoms with Crippen LogP contribution in [-0.4, -0.2) is 26.5 Å². The van der Waals surface area contributed by atoms with Crippen LogP contribution in [0.1, 0.15) is 38.6 Å². The molecular weight excluding hydrogens is 312 g/mol. The highest BCUT2D eigenvalue weighted by molar-refractivity contribution is 9.10. The molecule has 104 valence electrons. The van der Waals surface area contributed by atoms with Crippen LogP contribution in [-0.2, 0) is 11.3 Å². The summed E-state index contributed by atoms with van der Waals surface area (Å²) in [5, 5.41) is 8.07. The molecule has 0 N–H and O–H groups in total. The molecule has 0 radical (unpaired) electrons. The van der Waals surface area contributed by atoms with Crippen LogP contribution < -0.4 is 0 Å². The van der Waals surface area contributed by atoms with Crippen molar-refractivity contribution in [2.75, 3.05) is 6.61 Å². The van der Waals surface area contributed by atoms with E-state index in [1.54, 1.807) is 10.9 Å². The van der Waals surface area contributed by atoms with Crippen molar-refractivity contribution in [1.82, 2.24) is 19.9 Å². The topological polar surface area (TPSA) is 66.0 Å². The van der Waals surface area contributed by atoms with Crippen LogP contribution in [0.25, 0.3) is 0 Å². The first kappa shape index (κ1) is 14.2. The first-order valence-electron chi connectivity index (χ1n) is 6.16. The molecule has 0 aliphatic heterocycles. The molecule has 2 aromatic heterocycles. The van der Waals surface area contributed by atoms with Crippen LogP contribution in [0.2, 0.25) is 0 Å². The minimum absolute atomic E-state index is 0.163. The van der Waals surface area contributed by atoms with Gasteiger partial charge in [0.05, 0.1) is 10.7 Å². The highest BCUT2D eigenvalue weighted by Crippen LogP contribution is 2.15. The molecule has 0 aromatic carbocycles. The van der Waals surface area contributed by atoms with E-state index in [4.69, 9.17) is 9.26 Å². The lowest BCUT2D eigenvalue weighted by Gasteiger charge is -2.10. The molecule has 0 aliphatic carbocycles. The van der Waals surface area contributed by atoms with Gasteiger partial charge < -0.3 is 9.26 Å². The Bertz CT molecular complexity index is 523. The van der Waals surface area contributed by atoms with Crippen LogP contribution in [0.5, 0.6) is 0 Å². The smallest absolute Gasteiger partial charge is 0.248 e. The lowest BCUT2D eigenvalue weighted by Crippen LogP contribution is -2.08. The summed E-state index contributed by atoms with van der Waals surface area (Å²) in [5.74, 6) is 1.57. The quantitative estimate of drug-likeness (QED) is 0.815. The van der Waals surface area contributed by atoms with E-state index in [9.17, 15) is 0 Å². The van der Waals surface area contributed by atoms with E-state index in [2.05, 4.69) is 45.0 Å². The maximum atomic E-state index is 5.64. The second-order valence-corrected chi connectivity index (χ2v) is 5.69. The highest BCUT2D eigenvalue weighted by atomic mass is 79.9. The minimum atomic E-state index is -0.163. The molecule has 6 nitrogen and oxygen atoms in total. The standard InChI is InChI=1S/C12H17BrN4O2/c1-8(2)7-18-9(3)12-15-11(19-16-12)6-17-5-10(13)4-14-17/h4-5,8-9H,6-7H2,1-3H3. The molecule has 1 unspecified atom stereocenters. The van der Waals surface area contributed by atoms with Crippen LogP contribution in [0.4, 0.5) is 0 Å². The summed E-state index contributed by atoms with van der Waals surface area (Å²) in [5.41, 5.74) is 0. The van der Waals surface area contributed by atoms with Crippen molar-refractivity contribution in [2.45, 2.75) is 33.4 Å². The van der Waals surface area contributed by atoms with Crippen LogP contribution >= 0.6 is 15.9 Å². The fourth-order valence-corrected chi connectivity index (χ4v) is 1.80. The molecule has 0 saturated carbocycles. The average molecular weight is 329 g/mol. The second-order valence-electron chi connectivity index (χ2n) is 4.77. The number of halogens is 1. The van der Waals surface area contributed by atoms with Gasteiger partial charge in [-0.25, -0.2) is 0 Å². The van der Waals surface area contributed by atoms with Gasteiger partial charge in [0.2, 0.25) is 5.89 Å². The van der Waals surface area contributed by atoms with Gasteiger partial charge in [-0.1, -0.05) is 19.0 Å². The molecular formula is C12H17BrN4O2. The third-order valence-electron chi connectivity index (χ3n) is 2.43. The number of aromatic nitrogens is 4. The summed E-state index contributed by atoms with van der Waals surface area (Å²) >= 11 is 3.34. The van der Waals surface area contributed by atoms with Crippen LogP contribution in [0.3, 0.4) is 0 Å². The molecule has 0 aliphatic rings. The molecule has 2 heterocycles. The van der Waals surface area contributed by atoms with Crippen LogP contribution in [0.15, 0.2) is 21.4 Å². The van der Waals surface area contributed by atoms with Gasteiger partial charge in [0.1, 0.15) is 12.6 Å². The lowest BCUT2D eigenvalue weighted by molar-refractivity contribution is 0.0402. The van der Waals surface area contributed by atoms with E-state index in [0.29, 0.717) is 30.8 Å². The zero-order chi connectivity index (χ0) is 13.8. The lowest BCUT2D eigenvalue weighted by atomic mass is 10.2. The Kier molecular flexibility index (Phi) is 4.71. The Morgan fingerprint density at radius 1 is 1.42 bits per heavy atom. The maximum absolute atomic E-state index is 5.64. The summed E-state index contributed by atoms with van der Waals surface area (Å²) in [6, 6.07) is 0. The zero-order valence-electron chi connectivity index (χ0n) is 11.2. The molecule has 19 heavy (non-hydrogen) atoms. The van der Waals surface area contributed by atoms with E-state index < -0.39 is 0 Å². The fraction of sp³-hybridized carbons (Fsp3) is 0.583. The van der Waals surface area contributed by atoms with Gasteiger partial charge in [-0.05, 0) is 28.8 Å². The van der Waals surface area contributed by atoms with Crippen molar-refractivity contribution in [2.24, 2.45) is 5.92 Å². The number of rotatable bonds is 6. The first-order chi connectivity index (χ1) is 9.04. The Morgan fingerprint density at radius 2 is 2.21 bits per heavy atom. The Balaban J connectivity index is 1.94. The Morgan fingerprint density at radius 3 is 2.84 bits per heavy atom. The minimum Gasteiger partial charge on any atom is -0.370 e. The second kappa shape index (κ2) is 6.29. The predicted octanol–water partition coefficient (Wildman–Crippen LogP) is 2.81. The van der Waals surface area contributed by atoms with Crippen molar-refractivity contribution in [3.05, 3.63) is 28.6 Å². The van der Waals surface area contributed by atoms with Gasteiger partial charge in [-0.2, -0.15) is 10.1 Å². The van der Waals surface area contributed by atoms with E-state index in [0.717, 1.165) is 4.47 Å². The molecule has 0 bridgehead atoms. The van der Waals surface area contributed by atoms with Gasteiger partial charge in [0.15, 0.2) is 5.82 Å². The van der Waals surface area contributed by atoms with Gasteiger partial charge in [-0.15, -0.1) is 0 Å². The average Bonchev–Trinajstić information content (AvgIpc) is 2.96. The SMILES string of the molecule is CC(C)COC(C)c1noc(Cn2cc(Br)cn2)n1. The van der Waals surface area contributed by atoms with Gasteiger partial charge in [-0.3, -0.25) is 4.68 Å². The summed E-state index contributed by atoms with van der Waals surface area (Å²) in [7, 11) is 0. The fourth-order valence-electron chi connectivity index (χ4n) is 1.47. The molecule has 0 amide bonds. The molecule has 0 spiro atoms. The normalized spacial score (nSPS) is 13.1. The van der Waals surface area contributed by atoms with Crippen LogP contribution in [0, 0.1) is 5.92 Å². The van der Waals surface area contributed by atoms with Crippen molar-refractivity contribution >= 4 is 15.9 Å². The third kappa shape index (κ3) is 4.14. The van der Waals surface area contributed by atoms with Crippen molar-refractivity contribution in [1.29, 1.82) is 0 Å². The van der Waals surface area contributed by atoms with Gasteiger partial charge in [0, 0.05) is 12.8 Å². The van der Waals surface area contributed by atoms with E-state index >= 15 is 0 Å². The Labute approximate surface area is 120 Å². The first-order valence-corrected chi connectivity index (χ1v) is 6.96. The Hall–Kier alpha value is -1.21. The molecule has 0 saturated heterocycles. The molecule has 2 rings (SSSR count). The van der Waals surface area contributed by atoms with Crippen molar-refractivity contribution in [3.8, 4) is 0 Å².